The summed E-state index contributed by atoms with van der Waals surface area (Å²) in [6.45, 7) is 3.89. The van der Waals surface area contributed by atoms with E-state index in [4.69, 9.17) is 22.1 Å². The number of hydrogen-bond acceptors (Lipinski definition) is 7. The van der Waals surface area contributed by atoms with Crippen LogP contribution in [0.2, 0.25) is 5.02 Å². The van der Waals surface area contributed by atoms with E-state index in [9.17, 15) is 9.59 Å². The number of hydrogen-bond donors (Lipinski definition) is 2. The van der Waals surface area contributed by atoms with Crippen LogP contribution in [0, 0.1) is 0 Å². The first-order valence-electron chi connectivity index (χ1n) is 10.1. The molecule has 0 spiro atoms. The Kier molecular flexibility index (Phi) is 8.13. The summed E-state index contributed by atoms with van der Waals surface area (Å²) in [4.78, 5) is 25.1. The third-order valence-corrected chi connectivity index (χ3v) is 6.01. The van der Waals surface area contributed by atoms with Crippen LogP contribution >= 0.6 is 23.4 Å². The quantitative estimate of drug-likeness (QED) is 0.345. The summed E-state index contributed by atoms with van der Waals surface area (Å²) < 4.78 is 6.63. The van der Waals surface area contributed by atoms with Crippen LogP contribution in [0.4, 0.5) is 11.6 Å². The summed E-state index contributed by atoms with van der Waals surface area (Å²) >= 11 is 7.64. The van der Waals surface area contributed by atoms with Gasteiger partial charge in [0.2, 0.25) is 11.9 Å². The lowest BCUT2D eigenvalue weighted by atomic mass is 10.1. The molecule has 10 heteroatoms. The number of nitrogens with zero attached hydrogens (tertiary/aromatic N) is 3. The molecule has 3 N–H and O–H groups in total. The van der Waals surface area contributed by atoms with Gasteiger partial charge in [-0.05, 0) is 43.2 Å². The zero-order valence-corrected chi connectivity index (χ0v) is 19.3. The maximum absolute atomic E-state index is 13.1. The van der Waals surface area contributed by atoms with Crippen molar-refractivity contribution in [2.75, 3.05) is 17.7 Å². The van der Waals surface area contributed by atoms with E-state index in [0.717, 1.165) is 5.56 Å². The molecule has 0 fully saturated rings. The van der Waals surface area contributed by atoms with Gasteiger partial charge in [0.25, 0.3) is 0 Å². The molecule has 1 amide bonds. The fourth-order valence-electron chi connectivity index (χ4n) is 3.09. The Morgan fingerprint density at radius 2 is 1.97 bits per heavy atom. The van der Waals surface area contributed by atoms with Crippen molar-refractivity contribution < 1.29 is 14.3 Å². The average Bonchev–Trinajstić information content (AvgIpc) is 3.14. The van der Waals surface area contributed by atoms with Gasteiger partial charge in [0.15, 0.2) is 5.16 Å². The maximum Gasteiger partial charge on any atom is 0.338 e. The number of carbonyl (C=O) groups excluding carboxylic acids is 2. The van der Waals surface area contributed by atoms with Crippen molar-refractivity contribution in [3.8, 4) is 0 Å². The lowest BCUT2D eigenvalue weighted by Crippen LogP contribution is -2.27. The van der Waals surface area contributed by atoms with Gasteiger partial charge in [-0.25, -0.2) is 4.79 Å². The molecule has 2 aromatic carbocycles. The van der Waals surface area contributed by atoms with Gasteiger partial charge in [0.05, 0.1) is 12.2 Å². The van der Waals surface area contributed by atoms with Crippen LogP contribution in [0.15, 0.2) is 53.7 Å². The predicted octanol–water partition coefficient (Wildman–Crippen LogP) is 4.57. The molecule has 0 saturated heterocycles. The largest absolute Gasteiger partial charge is 0.462 e. The summed E-state index contributed by atoms with van der Waals surface area (Å²) in [5, 5.41) is 12.1. The molecule has 1 aromatic heterocycles. The molecule has 0 aliphatic rings. The first-order chi connectivity index (χ1) is 15.4. The van der Waals surface area contributed by atoms with E-state index in [2.05, 4.69) is 15.5 Å². The van der Waals surface area contributed by atoms with Gasteiger partial charge >= 0.3 is 5.97 Å². The Balaban J connectivity index is 1.77. The number of carbonyl (C=O) groups is 2. The number of esters is 1. The highest BCUT2D eigenvalue weighted by molar-refractivity contribution is 7.98. The molecule has 3 rings (SSSR count). The second-order valence-electron chi connectivity index (χ2n) is 6.81. The van der Waals surface area contributed by atoms with Crippen molar-refractivity contribution in [3.05, 3.63) is 64.7 Å². The summed E-state index contributed by atoms with van der Waals surface area (Å²) in [6.07, 6.45) is 0.464. The van der Waals surface area contributed by atoms with Crippen molar-refractivity contribution in [1.82, 2.24) is 14.8 Å². The molecule has 168 valence electrons. The second-order valence-corrected chi connectivity index (χ2v) is 8.16. The lowest BCUT2D eigenvalue weighted by molar-refractivity contribution is -0.119. The number of nitrogens with one attached hydrogen (secondary N) is 1. The molecule has 0 radical (unpaired) electrons. The highest BCUT2D eigenvalue weighted by Gasteiger charge is 2.25. The number of amides is 1. The topological polar surface area (TPSA) is 112 Å². The number of halogens is 1. The van der Waals surface area contributed by atoms with E-state index in [0.29, 0.717) is 33.6 Å². The number of thioether (sulfide) groups is 1. The van der Waals surface area contributed by atoms with E-state index >= 15 is 0 Å². The standard InChI is InChI=1S/C22H24ClN5O3S/c1-3-18(19(29)25-16-10-7-9-14(12-16)20(30)31-4-2)28-21(24)26-27-22(28)32-13-15-8-5-6-11-17(15)23/h5-12,18H,3-4,13H2,1-2H3,(H2,24,26)(H,25,29). The summed E-state index contributed by atoms with van der Waals surface area (Å²) in [5.41, 5.74) is 7.84. The van der Waals surface area contributed by atoms with Crippen molar-refractivity contribution in [2.45, 2.75) is 37.2 Å². The fourth-order valence-corrected chi connectivity index (χ4v) is 4.36. The van der Waals surface area contributed by atoms with E-state index in [-0.39, 0.29) is 18.5 Å². The van der Waals surface area contributed by atoms with Crippen molar-refractivity contribution in [2.24, 2.45) is 0 Å². The third-order valence-electron chi connectivity index (χ3n) is 4.65. The van der Waals surface area contributed by atoms with Gasteiger partial charge in [0, 0.05) is 16.5 Å². The van der Waals surface area contributed by atoms with Crippen LogP contribution in [0.1, 0.15) is 42.2 Å². The molecule has 8 nitrogen and oxygen atoms in total. The average molecular weight is 474 g/mol. The summed E-state index contributed by atoms with van der Waals surface area (Å²) in [5.74, 6) is -0.0391. The third kappa shape index (κ3) is 5.60. The number of ether oxygens (including phenoxy) is 1. The minimum Gasteiger partial charge on any atom is -0.462 e. The first-order valence-corrected chi connectivity index (χ1v) is 11.5. The van der Waals surface area contributed by atoms with Crippen LogP contribution in [-0.4, -0.2) is 33.2 Å². The normalized spacial score (nSPS) is 11.7. The molecule has 0 aliphatic carbocycles. The minimum absolute atomic E-state index is 0.147. The fraction of sp³-hybridized carbons (Fsp3) is 0.273. The molecule has 32 heavy (non-hydrogen) atoms. The van der Waals surface area contributed by atoms with Crippen LogP contribution in [0.5, 0.6) is 0 Å². The lowest BCUT2D eigenvalue weighted by Gasteiger charge is -2.19. The zero-order valence-electron chi connectivity index (χ0n) is 17.7. The highest BCUT2D eigenvalue weighted by Crippen LogP contribution is 2.30. The molecule has 1 heterocycles. The van der Waals surface area contributed by atoms with Gasteiger partial charge in [-0.2, -0.15) is 0 Å². The number of aromatic nitrogens is 3. The molecule has 3 aromatic rings. The number of nitrogens with two attached hydrogens (primary N) is 1. The Hall–Kier alpha value is -3.04. The van der Waals surface area contributed by atoms with E-state index in [1.54, 1.807) is 35.8 Å². The highest BCUT2D eigenvalue weighted by atomic mass is 35.5. The monoisotopic (exact) mass is 473 g/mol. The maximum atomic E-state index is 13.1. The van der Waals surface area contributed by atoms with Gasteiger partial charge in [0.1, 0.15) is 6.04 Å². The van der Waals surface area contributed by atoms with Gasteiger partial charge in [-0.15, -0.1) is 10.2 Å². The van der Waals surface area contributed by atoms with Crippen molar-refractivity contribution >= 4 is 46.9 Å². The number of benzene rings is 2. The Labute approximate surface area is 195 Å². The number of rotatable bonds is 9. The van der Waals surface area contributed by atoms with Crippen LogP contribution in [0.3, 0.4) is 0 Å². The molecule has 0 bridgehead atoms. The molecular weight excluding hydrogens is 450 g/mol. The van der Waals surface area contributed by atoms with E-state index in [1.165, 1.54) is 11.8 Å². The predicted molar refractivity (Wildman–Crippen MR) is 126 cm³/mol. The Morgan fingerprint density at radius 1 is 1.19 bits per heavy atom. The Morgan fingerprint density at radius 3 is 2.69 bits per heavy atom. The Bertz CT molecular complexity index is 1100. The minimum atomic E-state index is -0.634. The number of anilines is 2. The van der Waals surface area contributed by atoms with E-state index in [1.807, 2.05) is 31.2 Å². The van der Waals surface area contributed by atoms with Crippen LogP contribution in [0.25, 0.3) is 0 Å². The molecule has 1 atom stereocenters. The van der Waals surface area contributed by atoms with Gasteiger partial charge in [-0.1, -0.05) is 54.6 Å². The summed E-state index contributed by atoms with van der Waals surface area (Å²) in [6, 6.07) is 13.5. The zero-order chi connectivity index (χ0) is 23.1. The molecule has 0 saturated carbocycles. The van der Waals surface area contributed by atoms with Crippen molar-refractivity contribution in [3.63, 3.8) is 0 Å². The second kappa shape index (κ2) is 11.0. The van der Waals surface area contributed by atoms with E-state index < -0.39 is 12.0 Å². The van der Waals surface area contributed by atoms with Crippen LogP contribution < -0.4 is 11.1 Å². The smallest absolute Gasteiger partial charge is 0.338 e. The molecule has 1 unspecified atom stereocenters. The van der Waals surface area contributed by atoms with Gasteiger partial charge < -0.3 is 15.8 Å². The molecular formula is C22H24ClN5O3S. The summed E-state index contributed by atoms with van der Waals surface area (Å²) in [7, 11) is 0. The molecule has 0 aliphatic heterocycles. The number of nitrogen functional groups attached to an aromatic ring is 1. The SMILES string of the molecule is CCOC(=O)c1cccc(NC(=O)C(CC)n2c(N)nnc2SCc2ccccc2Cl)c1. The van der Waals surface area contributed by atoms with Crippen molar-refractivity contribution in [1.29, 1.82) is 0 Å². The van der Waals surface area contributed by atoms with Gasteiger partial charge in [-0.3, -0.25) is 9.36 Å². The van der Waals surface area contributed by atoms with Crippen LogP contribution in [-0.2, 0) is 15.3 Å². The first kappa shape index (κ1) is 23.6.